The number of carboxylic acid groups (broad SMARTS) is 1. The second-order valence-electron chi connectivity index (χ2n) is 7.02. The van der Waals surface area contributed by atoms with Crippen LogP contribution in [0.2, 0.25) is 5.02 Å². The van der Waals surface area contributed by atoms with Gasteiger partial charge in [-0.2, -0.15) is 4.98 Å². The van der Waals surface area contributed by atoms with Crippen molar-refractivity contribution in [1.29, 1.82) is 0 Å². The molecule has 146 valence electrons. The van der Waals surface area contributed by atoms with Crippen LogP contribution >= 0.6 is 11.6 Å². The molecule has 1 aromatic carbocycles. The molecule has 0 radical (unpaired) electrons. The molecular weight excluding hydrogens is 386 g/mol. The number of aliphatic carboxylic acids is 1. The van der Waals surface area contributed by atoms with E-state index in [0.29, 0.717) is 24.1 Å². The molecule has 1 unspecified atom stereocenters. The first kappa shape index (κ1) is 18.3. The maximum atomic E-state index is 13.0. The second kappa shape index (κ2) is 6.52. The summed E-state index contributed by atoms with van der Waals surface area (Å²) in [7, 11) is 1.48. The van der Waals surface area contributed by atoms with E-state index in [1.165, 1.54) is 11.6 Å². The van der Waals surface area contributed by atoms with Crippen LogP contribution in [0.4, 0.5) is 11.6 Å². The largest absolute Gasteiger partial charge is 0.480 e. The molecule has 28 heavy (non-hydrogen) atoms. The molecule has 0 bridgehead atoms. The van der Waals surface area contributed by atoms with Gasteiger partial charge in [-0.1, -0.05) is 24.6 Å². The number of hydrogen-bond acceptors (Lipinski definition) is 5. The Kier molecular flexibility index (Phi) is 4.26. The summed E-state index contributed by atoms with van der Waals surface area (Å²) in [6, 6.07) is 7.32. The van der Waals surface area contributed by atoms with Crippen LogP contribution in [0.3, 0.4) is 0 Å². The third-order valence-electron chi connectivity index (χ3n) is 4.86. The van der Waals surface area contributed by atoms with E-state index in [9.17, 15) is 14.4 Å². The van der Waals surface area contributed by atoms with Gasteiger partial charge in [0.2, 0.25) is 5.95 Å². The van der Waals surface area contributed by atoms with Crippen LogP contribution in [0.15, 0.2) is 33.9 Å². The lowest BCUT2D eigenvalue weighted by Gasteiger charge is -2.33. The molecule has 3 heterocycles. The molecule has 1 atom stereocenters. The van der Waals surface area contributed by atoms with Crippen LogP contribution < -0.4 is 16.1 Å². The van der Waals surface area contributed by atoms with E-state index >= 15 is 0 Å². The van der Waals surface area contributed by atoms with Gasteiger partial charge in [-0.05, 0) is 24.1 Å². The normalized spacial score (nSPS) is 16.4. The average Bonchev–Trinajstić information content (AvgIpc) is 3.02. The van der Waals surface area contributed by atoms with Crippen molar-refractivity contribution in [1.82, 2.24) is 18.7 Å². The predicted molar refractivity (Wildman–Crippen MR) is 104 cm³/mol. The van der Waals surface area contributed by atoms with Crippen LogP contribution in [0.1, 0.15) is 6.92 Å². The topological polar surface area (TPSA) is 102 Å². The maximum absolute atomic E-state index is 13.0. The van der Waals surface area contributed by atoms with Gasteiger partial charge in [0.05, 0.1) is 0 Å². The highest BCUT2D eigenvalue weighted by molar-refractivity contribution is 6.30. The number of hydrogen-bond donors (Lipinski definition) is 1. The number of aromatic nitrogens is 4. The number of imidazole rings is 1. The van der Waals surface area contributed by atoms with Crippen molar-refractivity contribution in [3.63, 3.8) is 0 Å². The SMILES string of the molecule is CC1CN(c2cccc(Cl)c2)c2nc3c(c(=O)n(CC(=O)O)c(=O)n3C)n2C1. The van der Waals surface area contributed by atoms with Crippen molar-refractivity contribution in [3.8, 4) is 0 Å². The van der Waals surface area contributed by atoms with Crippen molar-refractivity contribution in [3.05, 3.63) is 50.1 Å². The zero-order chi connectivity index (χ0) is 20.2. The highest BCUT2D eigenvalue weighted by Gasteiger charge is 2.30. The fraction of sp³-hybridized carbons (Fsp3) is 0.333. The van der Waals surface area contributed by atoms with Gasteiger partial charge >= 0.3 is 11.7 Å². The zero-order valence-electron chi connectivity index (χ0n) is 15.3. The number of fused-ring (bicyclic) bond motifs is 3. The number of halogens is 1. The Balaban J connectivity index is 2.02. The van der Waals surface area contributed by atoms with Gasteiger partial charge < -0.3 is 14.6 Å². The molecule has 0 amide bonds. The number of benzene rings is 1. The highest BCUT2D eigenvalue weighted by Crippen LogP contribution is 2.33. The summed E-state index contributed by atoms with van der Waals surface area (Å²) in [5.41, 5.74) is -0.0896. The first-order valence-corrected chi connectivity index (χ1v) is 9.10. The minimum atomic E-state index is -1.26. The number of carboxylic acids is 1. The Morgan fingerprint density at radius 3 is 2.75 bits per heavy atom. The van der Waals surface area contributed by atoms with E-state index < -0.39 is 23.8 Å². The Hall–Kier alpha value is -3.07. The second-order valence-corrected chi connectivity index (χ2v) is 7.45. The van der Waals surface area contributed by atoms with E-state index in [2.05, 4.69) is 4.98 Å². The average molecular weight is 404 g/mol. The third-order valence-corrected chi connectivity index (χ3v) is 5.09. The van der Waals surface area contributed by atoms with E-state index in [1.807, 2.05) is 30.0 Å². The first-order chi connectivity index (χ1) is 13.3. The van der Waals surface area contributed by atoms with Crippen molar-refractivity contribution >= 4 is 40.4 Å². The summed E-state index contributed by atoms with van der Waals surface area (Å²) in [6.45, 7) is 2.55. The minimum Gasteiger partial charge on any atom is -0.480 e. The summed E-state index contributed by atoms with van der Waals surface area (Å²) in [5.74, 6) is -0.546. The fourth-order valence-corrected chi connectivity index (χ4v) is 3.83. The van der Waals surface area contributed by atoms with E-state index in [0.717, 1.165) is 10.3 Å². The van der Waals surface area contributed by atoms with E-state index in [4.69, 9.17) is 16.7 Å². The minimum absolute atomic E-state index is 0.188. The molecular formula is C18H18ClN5O4. The van der Waals surface area contributed by atoms with Gasteiger partial charge in [0.1, 0.15) is 6.54 Å². The molecule has 9 nitrogen and oxygen atoms in total. The molecule has 0 saturated carbocycles. The van der Waals surface area contributed by atoms with Crippen LogP contribution in [-0.2, 0) is 24.9 Å². The van der Waals surface area contributed by atoms with Crippen LogP contribution in [0, 0.1) is 5.92 Å². The first-order valence-electron chi connectivity index (χ1n) is 8.73. The van der Waals surface area contributed by atoms with Crippen LogP contribution in [-0.4, -0.2) is 36.3 Å². The van der Waals surface area contributed by atoms with Gasteiger partial charge in [-0.25, -0.2) is 9.36 Å². The highest BCUT2D eigenvalue weighted by atomic mass is 35.5. The van der Waals surface area contributed by atoms with Gasteiger partial charge in [-0.15, -0.1) is 0 Å². The zero-order valence-corrected chi connectivity index (χ0v) is 16.0. The molecule has 4 rings (SSSR count). The number of rotatable bonds is 3. The van der Waals surface area contributed by atoms with Crippen molar-refractivity contribution < 1.29 is 9.90 Å². The Bertz CT molecular complexity index is 1230. The standard InChI is InChI=1S/C18H18ClN5O4/c1-10-7-22(12-5-3-4-11(19)6-12)17-20-15-14(23(17)8-10)16(27)24(9-13(25)26)18(28)21(15)2/h3-6,10H,7-9H2,1-2H3,(H,25,26). The Labute approximate surface area is 164 Å². The molecule has 1 aliphatic heterocycles. The summed E-state index contributed by atoms with van der Waals surface area (Å²) in [5, 5.41) is 9.65. The molecule has 1 N–H and O–H groups in total. The van der Waals surface area contributed by atoms with Gasteiger partial charge in [0.15, 0.2) is 11.2 Å². The van der Waals surface area contributed by atoms with Crippen molar-refractivity contribution in [2.45, 2.75) is 20.0 Å². The van der Waals surface area contributed by atoms with E-state index in [1.54, 1.807) is 10.6 Å². The quantitative estimate of drug-likeness (QED) is 0.709. The lowest BCUT2D eigenvalue weighted by molar-refractivity contribution is -0.137. The fourth-order valence-electron chi connectivity index (χ4n) is 3.64. The van der Waals surface area contributed by atoms with Crippen LogP contribution in [0.25, 0.3) is 11.2 Å². The van der Waals surface area contributed by atoms with Gasteiger partial charge in [0.25, 0.3) is 5.56 Å². The molecule has 2 aromatic heterocycles. The smallest absolute Gasteiger partial charge is 0.333 e. The Morgan fingerprint density at radius 2 is 2.07 bits per heavy atom. The number of nitrogens with zero attached hydrogens (tertiary/aromatic N) is 5. The van der Waals surface area contributed by atoms with E-state index in [-0.39, 0.29) is 17.1 Å². The third kappa shape index (κ3) is 2.78. The van der Waals surface area contributed by atoms with Crippen LogP contribution in [0.5, 0.6) is 0 Å². The summed E-state index contributed by atoms with van der Waals surface area (Å²) >= 11 is 6.14. The number of anilines is 2. The van der Waals surface area contributed by atoms with Gasteiger partial charge in [-0.3, -0.25) is 14.2 Å². The van der Waals surface area contributed by atoms with Gasteiger partial charge in [0, 0.05) is 30.8 Å². The molecule has 0 spiro atoms. The Morgan fingerprint density at radius 1 is 1.32 bits per heavy atom. The number of carbonyl (C=O) groups is 1. The summed E-state index contributed by atoms with van der Waals surface area (Å²) < 4.78 is 3.69. The number of aryl methyl sites for hydroxylation is 1. The molecule has 10 heteroatoms. The molecule has 0 saturated heterocycles. The molecule has 3 aromatic rings. The lowest BCUT2D eigenvalue weighted by Crippen LogP contribution is -2.41. The maximum Gasteiger partial charge on any atom is 0.333 e. The molecule has 0 aliphatic carbocycles. The van der Waals surface area contributed by atoms with Crippen molar-refractivity contribution in [2.75, 3.05) is 11.4 Å². The lowest BCUT2D eigenvalue weighted by atomic mass is 10.1. The molecule has 1 aliphatic rings. The molecule has 0 fully saturated rings. The summed E-state index contributed by atoms with van der Waals surface area (Å²) in [4.78, 5) is 43.1. The van der Waals surface area contributed by atoms with Crippen molar-refractivity contribution in [2.24, 2.45) is 13.0 Å². The predicted octanol–water partition coefficient (Wildman–Crippen LogP) is 1.42. The monoisotopic (exact) mass is 403 g/mol. The summed E-state index contributed by atoms with van der Waals surface area (Å²) in [6.07, 6.45) is 0.